The molecule has 0 saturated heterocycles. The summed E-state index contributed by atoms with van der Waals surface area (Å²) in [5.74, 6) is 1.79. The van der Waals surface area contributed by atoms with E-state index in [2.05, 4.69) is 15.5 Å². The van der Waals surface area contributed by atoms with Crippen molar-refractivity contribution in [1.82, 2.24) is 15.5 Å². The first kappa shape index (κ1) is 13.3. The van der Waals surface area contributed by atoms with Crippen LogP contribution in [0.2, 0.25) is 0 Å². The third-order valence-electron chi connectivity index (χ3n) is 3.36. The minimum atomic E-state index is -0.0915. The summed E-state index contributed by atoms with van der Waals surface area (Å²) in [7, 11) is 0. The SMILES string of the molecule is CCc1noc(C2CCC(NC(=O)CCl)CC2)n1. The molecule has 0 unspecified atom stereocenters. The quantitative estimate of drug-likeness (QED) is 0.851. The summed E-state index contributed by atoms with van der Waals surface area (Å²) in [5.41, 5.74) is 0. The van der Waals surface area contributed by atoms with Gasteiger partial charge >= 0.3 is 0 Å². The van der Waals surface area contributed by atoms with Crippen LogP contribution in [0.15, 0.2) is 4.52 Å². The molecule has 0 aromatic carbocycles. The molecule has 1 aromatic heterocycles. The fourth-order valence-electron chi connectivity index (χ4n) is 2.33. The largest absolute Gasteiger partial charge is 0.352 e. The smallest absolute Gasteiger partial charge is 0.235 e. The van der Waals surface area contributed by atoms with E-state index in [-0.39, 0.29) is 17.8 Å². The molecule has 6 heteroatoms. The summed E-state index contributed by atoms with van der Waals surface area (Å²) in [6.07, 6.45) is 4.62. The Balaban J connectivity index is 1.84. The lowest BCUT2D eigenvalue weighted by Crippen LogP contribution is -2.38. The van der Waals surface area contributed by atoms with Crippen LogP contribution >= 0.6 is 11.6 Å². The molecule has 1 heterocycles. The number of rotatable bonds is 4. The third-order valence-corrected chi connectivity index (χ3v) is 3.61. The van der Waals surface area contributed by atoms with Crippen molar-refractivity contribution in [1.29, 1.82) is 0 Å². The average Bonchev–Trinajstić information content (AvgIpc) is 2.88. The summed E-state index contributed by atoms with van der Waals surface area (Å²) in [5, 5.41) is 6.84. The van der Waals surface area contributed by atoms with Gasteiger partial charge < -0.3 is 9.84 Å². The number of halogens is 1. The number of carbonyl (C=O) groups excluding carboxylic acids is 1. The van der Waals surface area contributed by atoms with Gasteiger partial charge in [-0.3, -0.25) is 4.79 Å². The third kappa shape index (κ3) is 3.22. The molecule has 1 saturated carbocycles. The summed E-state index contributed by atoms with van der Waals surface area (Å²) < 4.78 is 5.26. The first-order valence-corrected chi connectivity index (χ1v) is 6.94. The molecule has 0 radical (unpaired) electrons. The van der Waals surface area contributed by atoms with E-state index in [0.717, 1.165) is 43.8 Å². The van der Waals surface area contributed by atoms with E-state index in [1.807, 2.05) is 6.92 Å². The highest BCUT2D eigenvalue weighted by Crippen LogP contribution is 2.31. The first-order valence-electron chi connectivity index (χ1n) is 6.40. The van der Waals surface area contributed by atoms with Crippen molar-refractivity contribution in [2.45, 2.75) is 51.0 Å². The number of carbonyl (C=O) groups is 1. The molecule has 0 bridgehead atoms. The van der Waals surface area contributed by atoms with E-state index in [0.29, 0.717) is 5.92 Å². The molecule has 0 spiro atoms. The van der Waals surface area contributed by atoms with Crippen LogP contribution in [-0.4, -0.2) is 28.0 Å². The van der Waals surface area contributed by atoms with Gasteiger partial charge in [0.2, 0.25) is 11.8 Å². The lowest BCUT2D eigenvalue weighted by atomic mass is 9.86. The Morgan fingerprint density at radius 3 is 2.72 bits per heavy atom. The van der Waals surface area contributed by atoms with Crippen molar-refractivity contribution in [2.75, 3.05) is 5.88 Å². The molecule has 100 valence electrons. The van der Waals surface area contributed by atoms with Gasteiger partial charge in [0.05, 0.1) is 0 Å². The highest BCUT2D eigenvalue weighted by Gasteiger charge is 2.26. The number of aryl methyl sites for hydroxylation is 1. The Kier molecular flexibility index (Phi) is 4.58. The highest BCUT2D eigenvalue weighted by atomic mass is 35.5. The highest BCUT2D eigenvalue weighted by molar-refractivity contribution is 6.27. The maximum Gasteiger partial charge on any atom is 0.235 e. The fraction of sp³-hybridized carbons (Fsp3) is 0.750. The minimum Gasteiger partial charge on any atom is -0.352 e. The van der Waals surface area contributed by atoms with Crippen LogP contribution in [0.4, 0.5) is 0 Å². The zero-order chi connectivity index (χ0) is 13.0. The first-order chi connectivity index (χ1) is 8.72. The van der Waals surface area contributed by atoms with Crippen molar-refractivity contribution in [3.63, 3.8) is 0 Å². The molecule has 1 N–H and O–H groups in total. The number of hydrogen-bond acceptors (Lipinski definition) is 4. The zero-order valence-corrected chi connectivity index (χ0v) is 11.2. The summed E-state index contributed by atoms with van der Waals surface area (Å²) >= 11 is 5.47. The minimum absolute atomic E-state index is 0.0312. The van der Waals surface area contributed by atoms with E-state index in [1.54, 1.807) is 0 Å². The number of nitrogens with one attached hydrogen (secondary N) is 1. The van der Waals surface area contributed by atoms with Gasteiger partial charge in [-0.25, -0.2) is 0 Å². The maximum atomic E-state index is 11.2. The van der Waals surface area contributed by atoms with Crippen molar-refractivity contribution in [3.05, 3.63) is 11.7 Å². The Morgan fingerprint density at radius 2 is 2.17 bits per heavy atom. The van der Waals surface area contributed by atoms with E-state index in [4.69, 9.17) is 16.1 Å². The average molecular weight is 272 g/mol. The van der Waals surface area contributed by atoms with Crippen molar-refractivity contribution >= 4 is 17.5 Å². The molecule has 1 aliphatic carbocycles. The van der Waals surface area contributed by atoms with Gasteiger partial charge in [0.25, 0.3) is 0 Å². The number of amides is 1. The monoisotopic (exact) mass is 271 g/mol. The predicted molar refractivity (Wildman–Crippen MR) is 67.5 cm³/mol. The Hall–Kier alpha value is -1.10. The molecule has 1 aliphatic rings. The summed E-state index contributed by atoms with van der Waals surface area (Å²) in [4.78, 5) is 15.6. The second-order valence-corrected chi connectivity index (χ2v) is 4.92. The number of hydrogen-bond donors (Lipinski definition) is 1. The van der Waals surface area contributed by atoms with Crippen LogP contribution in [0, 0.1) is 0 Å². The Morgan fingerprint density at radius 1 is 1.44 bits per heavy atom. The van der Waals surface area contributed by atoms with Gasteiger partial charge in [0.1, 0.15) is 5.88 Å². The molecule has 1 fully saturated rings. The molecular formula is C12H18ClN3O2. The fourth-order valence-corrected chi connectivity index (χ4v) is 2.41. The molecule has 5 nitrogen and oxygen atoms in total. The molecule has 0 atom stereocenters. The standard InChI is InChI=1S/C12H18ClN3O2/c1-2-10-15-12(18-16-10)8-3-5-9(6-4-8)14-11(17)7-13/h8-9H,2-7H2,1H3,(H,14,17). The second-order valence-electron chi connectivity index (χ2n) is 4.65. The number of alkyl halides is 1. The van der Waals surface area contributed by atoms with Crippen LogP contribution in [0.1, 0.15) is 50.2 Å². The van der Waals surface area contributed by atoms with Gasteiger partial charge in [-0.2, -0.15) is 4.98 Å². The second kappa shape index (κ2) is 6.18. The van der Waals surface area contributed by atoms with Gasteiger partial charge in [-0.05, 0) is 25.7 Å². The van der Waals surface area contributed by atoms with Crippen LogP contribution < -0.4 is 5.32 Å². The molecular weight excluding hydrogens is 254 g/mol. The molecule has 1 amide bonds. The van der Waals surface area contributed by atoms with E-state index in [1.165, 1.54) is 0 Å². The van der Waals surface area contributed by atoms with Crippen molar-refractivity contribution in [3.8, 4) is 0 Å². The normalized spacial score (nSPS) is 23.9. The number of nitrogens with zero attached hydrogens (tertiary/aromatic N) is 2. The van der Waals surface area contributed by atoms with Gasteiger partial charge in [0, 0.05) is 18.4 Å². The molecule has 18 heavy (non-hydrogen) atoms. The van der Waals surface area contributed by atoms with Gasteiger partial charge in [-0.1, -0.05) is 12.1 Å². The van der Waals surface area contributed by atoms with E-state index in [9.17, 15) is 4.79 Å². The Bertz CT molecular complexity index is 400. The summed E-state index contributed by atoms with van der Waals surface area (Å²) in [6, 6.07) is 0.237. The van der Waals surface area contributed by atoms with Crippen LogP contribution in [-0.2, 0) is 11.2 Å². The Labute approximate surface area is 111 Å². The lowest BCUT2D eigenvalue weighted by Gasteiger charge is -2.26. The predicted octanol–water partition coefficient (Wildman–Crippen LogP) is 2.01. The van der Waals surface area contributed by atoms with Crippen LogP contribution in [0.5, 0.6) is 0 Å². The van der Waals surface area contributed by atoms with E-state index < -0.39 is 0 Å². The summed E-state index contributed by atoms with van der Waals surface area (Å²) in [6.45, 7) is 2.01. The topological polar surface area (TPSA) is 68.0 Å². The van der Waals surface area contributed by atoms with Crippen LogP contribution in [0.25, 0.3) is 0 Å². The maximum absolute atomic E-state index is 11.2. The van der Waals surface area contributed by atoms with Gasteiger partial charge in [0.15, 0.2) is 5.82 Å². The van der Waals surface area contributed by atoms with E-state index >= 15 is 0 Å². The van der Waals surface area contributed by atoms with Gasteiger partial charge in [-0.15, -0.1) is 11.6 Å². The molecule has 2 rings (SSSR count). The number of aromatic nitrogens is 2. The molecule has 0 aliphatic heterocycles. The van der Waals surface area contributed by atoms with Crippen molar-refractivity contribution in [2.24, 2.45) is 0 Å². The molecule has 1 aromatic rings. The van der Waals surface area contributed by atoms with Crippen molar-refractivity contribution < 1.29 is 9.32 Å². The zero-order valence-electron chi connectivity index (χ0n) is 10.5. The lowest BCUT2D eigenvalue weighted by molar-refractivity contribution is -0.119. The van der Waals surface area contributed by atoms with Crippen LogP contribution in [0.3, 0.4) is 0 Å².